The first-order valence-electron chi connectivity index (χ1n) is 4.75. The Hall–Kier alpha value is -0.300. The summed E-state index contributed by atoms with van der Waals surface area (Å²) in [6.45, 7) is 2.48. The van der Waals surface area contributed by atoms with Crippen LogP contribution < -0.4 is 0 Å². The molecule has 0 bridgehead atoms. The topological polar surface area (TPSA) is 18.5 Å². The summed E-state index contributed by atoms with van der Waals surface area (Å²) >= 11 is 5.04. The minimum Gasteiger partial charge on any atom is -0.353 e. The predicted octanol–water partition coefficient (Wildman–Crippen LogP) is 2.46. The Morgan fingerprint density at radius 3 is 2.86 bits per heavy atom. The molecule has 0 aromatic rings. The monoisotopic (exact) mass is 220 g/mol. The molecule has 0 amide bonds. The summed E-state index contributed by atoms with van der Waals surface area (Å²) in [5.41, 5.74) is -1.62. The maximum atomic E-state index is 12.1. The average Bonchev–Trinajstić information content (AvgIpc) is 2.16. The Morgan fingerprint density at radius 1 is 1.50 bits per heavy atom. The molecule has 4 heteroatoms. The molecule has 0 aliphatic carbocycles. The lowest BCUT2D eigenvalue weighted by molar-refractivity contribution is -0.173. The van der Waals surface area contributed by atoms with Gasteiger partial charge in [0, 0.05) is 6.61 Å². The van der Waals surface area contributed by atoms with Crippen molar-refractivity contribution in [2.45, 2.75) is 44.2 Å². The number of halogens is 2. The van der Waals surface area contributed by atoms with Gasteiger partial charge in [0.05, 0.1) is 0 Å². The third-order valence-electron chi connectivity index (χ3n) is 1.89. The smallest absolute Gasteiger partial charge is 0.234 e. The van der Waals surface area contributed by atoms with Gasteiger partial charge in [-0.1, -0.05) is 17.5 Å². The van der Waals surface area contributed by atoms with Crippen LogP contribution in [-0.4, -0.2) is 24.6 Å². The van der Waals surface area contributed by atoms with Gasteiger partial charge in [0.25, 0.3) is 0 Å². The van der Waals surface area contributed by atoms with Crippen molar-refractivity contribution in [3.05, 3.63) is 0 Å². The van der Waals surface area contributed by atoms with Gasteiger partial charge in [-0.05, 0) is 32.1 Å². The van der Waals surface area contributed by atoms with Crippen molar-refractivity contribution in [1.82, 2.24) is 0 Å². The molecule has 1 saturated heterocycles. The Labute approximate surface area is 88.7 Å². The molecule has 3 atom stereocenters. The van der Waals surface area contributed by atoms with E-state index in [1.165, 1.54) is 0 Å². The zero-order valence-electron chi connectivity index (χ0n) is 8.13. The van der Waals surface area contributed by atoms with Gasteiger partial charge in [-0.3, -0.25) is 0 Å². The van der Waals surface area contributed by atoms with Crippen molar-refractivity contribution in [2.24, 2.45) is 0 Å². The molecule has 1 rings (SSSR count). The van der Waals surface area contributed by atoms with Crippen molar-refractivity contribution in [3.63, 3.8) is 0 Å². The second kappa shape index (κ2) is 6.23. The molecule has 2 nitrogen and oxygen atoms in total. The molecule has 80 valence electrons. The van der Waals surface area contributed by atoms with Crippen LogP contribution in [0.1, 0.15) is 26.2 Å². The van der Waals surface area contributed by atoms with Gasteiger partial charge in [0.15, 0.2) is 6.29 Å². The second-order valence-corrected chi connectivity index (χ2v) is 3.55. The predicted molar refractivity (Wildman–Crippen MR) is 52.7 cm³/mol. The zero-order valence-corrected chi connectivity index (χ0v) is 8.89. The molecular formula is C10H14ClFO2. The number of alkyl halides is 2. The van der Waals surface area contributed by atoms with Crippen molar-refractivity contribution in [2.75, 3.05) is 6.61 Å². The third-order valence-corrected chi connectivity index (χ3v) is 2.00. The lowest BCUT2D eigenvalue weighted by Gasteiger charge is -2.24. The van der Waals surface area contributed by atoms with E-state index in [-0.39, 0.29) is 12.4 Å². The fourth-order valence-electron chi connectivity index (χ4n) is 1.26. The summed E-state index contributed by atoms with van der Waals surface area (Å²) in [5, 5.41) is 0. The van der Waals surface area contributed by atoms with E-state index in [1.807, 2.05) is 0 Å². The Morgan fingerprint density at radius 2 is 2.29 bits per heavy atom. The van der Waals surface area contributed by atoms with Gasteiger partial charge in [-0.2, -0.15) is 0 Å². The molecule has 1 aliphatic rings. The summed E-state index contributed by atoms with van der Waals surface area (Å²) in [4.78, 5) is 0. The van der Waals surface area contributed by atoms with Crippen LogP contribution in [0.3, 0.4) is 0 Å². The molecule has 1 heterocycles. The summed E-state index contributed by atoms with van der Waals surface area (Å²) in [7, 11) is 0. The molecule has 0 saturated carbocycles. The Bertz CT molecular complexity index is 216. The van der Waals surface area contributed by atoms with Crippen LogP contribution in [0.2, 0.25) is 0 Å². The largest absolute Gasteiger partial charge is 0.353 e. The molecular weight excluding hydrogens is 207 g/mol. The highest BCUT2D eigenvalue weighted by atomic mass is 35.5. The summed E-state index contributed by atoms with van der Waals surface area (Å²) in [5.74, 6) is 4.77. The molecule has 1 fully saturated rings. The van der Waals surface area contributed by atoms with Gasteiger partial charge in [0.2, 0.25) is 5.63 Å². The van der Waals surface area contributed by atoms with Crippen LogP contribution in [0, 0.1) is 11.8 Å². The van der Waals surface area contributed by atoms with E-state index in [9.17, 15) is 4.39 Å². The number of hydrogen-bond donors (Lipinski definition) is 0. The summed E-state index contributed by atoms with van der Waals surface area (Å²) in [6, 6.07) is 0. The van der Waals surface area contributed by atoms with Gasteiger partial charge in [-0.25, -0.2) is 4.39 Å². The van der Waals surface area contributed by atoms with Crippen molar-refractivity contribution < 1.29 is 13.9 Å². The first-order valence-corrected chi connectivity index (χ1v) is 5.18. The van der Waals surface area contributed by atoms with E-state index in [0.29, 0.717) is 0 Å². The van der Waals surface area contributed by atoms with E-state index in [2.05, 4.69) is 11.8 Å². The maximum Gasteiger partial charge on any atom is 0.234 e. The second-order valence-electron chi connectivity index (χ2n) is 3.16. The van der Waals surface area contributed by atoms with Gasteiger partial charge in [0.1, 0.15) is 6.10 Å². The van der Waals surface area contributed by atoms with E-state index in [4.69, 9.17) is 21.1 Å². The van der Waals surface area contributed by atoms with Crippen LogP contribution in [0.4, 0.5) is 4.39 Å². The highest BCUT2D eigenvalue weighted by Crippen LogP contribution is 2.15. The highest BCUT2D eigenvalue weighted by Gasteiger charge is 2.15. The van der Waals surface area contributed by atoms with Crippen LogP contribution in [0.5, 0.6) is 0 Å². The summed E-state index contributed by atoms with van der Waals surface area (Å²) in [6.07, 6.45) is 2.53. The van der Waals surface area contributed by atoms with Crippen LogP contribution in [0.15, 0.2) is 0 Å². The van der Waals surface area contributed by atoms with Gasteiger partial charge < -0.3 is 9.47 Å². The number of hydrogen-bond acceptors (Lipinski definition) is 2. The van der Waals surface area contributed by atoms with Crippen LogP contribution in [0.25, 0.3) is 0 Å². The van der Waals surface area contributed by atoms with Crippen LogP contribution >= 0.6 is 11.6 Å². The van der Waals surface area contributed by atoms with Gasteiger partial charge in [-0.15, -0.1) is 0 Å². The first-order chi connectivity index (χ1) is 6.68. The lowest BCUT2D eigenvalue weighted by atomic mass is 10.2. The average molecular weight is 221 g/mol. The SMILES string of the molecule is CC(C#CC(F)Cl)OC1CCCCO1. The van der Waals surface area contributed by atoms with Crippen molar-refractivity contribution >= 4 is 11.6 Å². The Kier molecular flexibility index (Phi) is 5.24. The minimum atomic E-state index is -1.62. The van der Waals surface area contributed by atoms with E-state index >= 15 is 0 Å². The molecule has 3 unspecified atom stereocenters. The lowest BCUT2D eigenvalue weighted by Crippen LogP contribution is -2.25. The zero-order chi connectivity index (χ0) is 10.4. The molecule has 0 aromatic carbocycles. The van der Waals surface area contributed by atoms with Crippen LogP contribution in [-0.2, 0) is 9.47 Å². The van der Waals surface area contributed by atoms with E-state index in [0.717, 1.165) is 25.9 Å². The Balaban J connectivity index is 2.25. The first kappa shape index (κ1) is 11.8. The number of ether oxygens (including phenoxy) is 2. The molecule has 14 heavy (non-hydrogen) atoms. The molecule has 0 aromatic heterocycles. The fourth-order valence-corrected chi connectivity index (χ4v) is 1.32. The maximum absolute atomic E-state index is 12.1. The van der Waals surface area contributed by atoms with E-state index < -0.39 is 5.63 Å². The number of rotatable bonds is 2. The third kappa shape index (κ3) is 4.80. The van der Waals surface area contributed by atoms with Gasteiger partial charge >= 0.3 is 0 Å². The molecule has 0 spiro atoms. The standard InChI is InChI=1S/C10H14ClFO2/c1-8(5-6-9(11)12)14-10-4-2-3-7-13-10/h8-10H,2-4,7H2,1H3. The minimum absolute atomic E-state index is 0.193. The highest BCUT2D eigenvalue weighted by molar-refractivity contribution is 6.21. The van der Waals surface area contributed by atoms with Crippen molar-refractivity contribution in [3.8, 4) is 11.8 Å². The fraction of sp³-hybridized carbons (Fsp3) is 0.800. The quantitative estimate of drug-likeness (QED) is 0.526. The summed E-state index contributed by atoms with van der Waals surface area (Å²) < 4.78 is 22.9. The van der Waals surface area contributed by atoms with E-state index in [1.54, 1.807) is 6.92 Å². The molecule has 0 radical (unpaired) electrons. The molecule has 1 aliphatic heterocycles. The van der Waals surface area contributed by atoms with Crippen molar-refractivity contribution in [1.29, 1.82) is 0 Å². The normalized spacial score (nSPS) is 26.1. The molecule has 0 N–H and O–H groups in total.